The topological polar surface area (TPSA) is 66.5 Å². The molecule has 1 aromatic carbocycles. The van der Waals surface area contributed by atoms with Gasteiger partial charge in [-0.2, -0.15) is 0 Å². The largest absolute Gasteiger partial charge is 0.339 e. The zero-order chi connectivity index (χ0) is 16.9. The van der Waals surface area contributed by atoms with Crippen molar-refractivity contribution in [1.82, 2.24) is 9.62 Å². The van der Waals surface area contributed by atoms with Gasteiger partial charge >= 0.3 is 0 Å². The first-order valence-electron chi connectivity index (χ1n) is 8.28. The van der Waals surface area contributed by atoms with Crippen molar-refractivity contribution in [2.45, 2.75) is 45.6 Å². The minimum atomic E-state index is -3.19. The Kier molecular flexibility index (Phi) is 6.18. The molecule has 0 atom stereocenters. The zero-order valence-corrected chi connectivity index (χ0v) is 14.7. The van der Waals surface area contributed by atoms with Crippen molar-refractivity contribution >= 4 is 15.9 Å². The highest BCUT2D eigenvalue weighted by molar-refractivity contribution is 7.89. The summed E-state index contributed by atoms with van der Waals surface area (Å²) >= 11 is 0. The van der Waals surface area contributed by atoms with E-state index in [1.807, 2.05) is 43.0 Å². The van der Waals surface area contributed by atoms with Gasteiger partial charge in [-0.15, -0.1) is 0 Å². The van der Waals surface area contributed by atoms with Gasteiger partial charge < -0.3 is 4.90 Å². The Balaban J connectivity index is 1.89. The highest BCUT2D eigenvalue weighted by atomic mass is 32.2. The number of piperidine rings is 1. The quantitative estimate of drug-likeness (QED) is 0.865. The second kappa shape index (κ2) is 7.93. The standard InChI is InChI=1S/C17H26N2O3S/c1-3-4-13-23(21,22)18-15-9-11-19(12-10-15)17(20)16-8-6-5-7-14(16)2/h5-8,15,18H,3-4,9-13H2,1-2H3. The molecule has 1 fully saturated rings. The molecule has 1 aliphatic heterocycles. The highest BCUT2D eigenvalue weighted by Crippen LogP contribution is 2.17. The lowest BCUT2D eigenvalue weighted by Crippen LogP contribution is -2.47. The van der Waals surface area contributed by atoms with Crippen LogP contribution in [0.3, 0.4) is 0 Å². The number of rotatable bonds is 6. The third-order valence-corrected chi connectivity index (χ3v) is 5.79. The summed E-state index contributed by atoms with van der Waals surface area (Å²) in [6.07, 6.45) is 2.89. The van der Waals surface area contributed by atoms with E-state index in [0.29, 0.717) is 32.4 Å². The van der Waals surface area contributed by atoms with Gasteiger partial charge in [-0.3, -0.25) is 4.79 Å². The predicted octanol–water partition coefficient (Wildman–Crippen LogP) is 2.32. The number of nitrogens with one attached hydrogen (secondary N) is 1. The number of nitrogens with zero attached hydrogens (tertiary/aromatic N) is 1. The van der Waals surface area contributed by atoms with Crippen LogP contribution in [0.2, 0.25) is 0 Å². The van der Waals surface area contributed by atoms with Crippen molar-refractivity contribution in [3.63, 3.8) is 0 Å². The second-order valence-corrected chi connectivity index (χ2v) is 8.05. The van der Waals surface area contributed by atoms with Crippen LogP contribution in [0, 0.1) is 6.92 Å². The third-order valence-electron chi connectivity index (χ3n) is 4.27. The first-order chi connectivity index (χ1) is 10.9. The molecule has 0 spiro atoms. The summed E-state index contributed by atoms with van der Waals surface area (Å²) in [5.74, 6) is 0.224. The average molecular weight is 338 g/mol. The lowest BCUT2D eigenvalue weighted by atomic mass is 10.0. The van der Waals surface area contributed by atoms with E-state index in [0.717, 1.165) is 17.5 Å². The molecule has 6 heteroatoms. The van der Waals surface area contributed by atoms with E-state index in [1.165, 1.54) is 0 Å². The molecular weight excluding hydrogens is 312 g/mol. The lowest BCUT2D eigenvalue weighted by molar-refractivity contribution is 0.0710. The normalized spacial score (nSPS) is 16.5. The van der Waals surface area contributed by atoms with Crippen LogP contribution in [0.15, 0.2) is 24.3 Å². The van der Waals surface area contributed by atoms with Crippen molar-refractivity contribution in [2.75, 3.05) is 18.8 Å². The maximum atomic E-state index is 12.5. The third kappa shape index (κ3) is 5.04. The molecule has 1 N–H and O–H groups in total. The number of unbranched alkanes of at least 4 members (excludes halogenated alkanes) is 1. The molecule has 2 rings (SSSR count). The van der Waals surface area contributed by atoms with Crippen molar-refractivity contribution in [3.05, 3.63) is 35.4 Å². The van der Waals surface area contributed by atoms with Crippen LogP contribution in [0.25, 0.3) is 0 Å². The minimum Gasteiger partial charge on any atom is -0.339 e. The molecule has 1 amide bonds. The summed E-state index contributed by atoms with van der Waals surface area (Å²) < 4.78 is 26.7. The Hall–Kier alpha value is -1.40. The van der Waals surface area contributed by atoms with Gasteiger partial charge in [-0.1, -0.05) is 31.5 Å². The summed E-state index contributed by atoms with van der Waals surface area (Å²) in [6, 6.07) is 7.51. The van der Waals surface area contributed by atoms with E-state index in [9.17, 15) is 13.2 Å². The summed E-state index contributed by atoms with van der Waals surface area (Å²) in [7, 11) is -3.19. The van der Waals surface area contributed by atoms with Gasteiger partial charge in [0.15, 0.2) is 0 Å². The van der Waals surface area contributed by atoms with E-state index in [1.54, 1.807) is 0 Å². The van der Waals surface area contributed by atoms with Gasteiger partial charge in [-0.25, -0.2) is 13.1 Å². The first kappa shape index (κ1) is 17.9. The lowest BCUT2D eigenvalue weighted by Gasteiger charge is -2.32. The number of hydrogen-bond acceptors (Lipinski definition) is 3. The highest BCUT2D eigenvalue weighted by Gasteiger charge is 2.26. The van der Waals surface area contributed by atoms with Gasteiger partial charge in [0.1, 0.15) is 0 Å². The number of carbonyl (C=O) groups is 1. The zero-order valence-electron chi connectivity index (χ0n) is 13.9. The number of benzene rings is 1. The molecule has 1 aliphatic rings. The second-order valence-electron chi connectivity index (χ2n) is 6.17. The Bertz CT molecular complexity index is 635. The fourth-order valence-electron chi connectivity index (χ4n) is 2.83. The molecule has 1 heterocycles. The van der Waals surface area contributed by atoms with Crippen LogP contribution in [0.1, 0.15) is 48.5 Å². The molecule has 0 aliphatic carbocycles. The molecule has 5 nitrogen and oxygen atoms in total. The number of likely N-dealkylation sites (tertiary alicyclic amines) is 1. The van der Waals surface area contributed by atoms with Gasteiger partial charge in [0.25, 0.3) is 5.91 Å². The molecule has 23 heavy (non-hydrogen) atoms. The summed E-state index contributed by atoms with van der Waals surface area (Å²) in [5, 5.41) is 0. The Morgan fingerprint density at radius 3 is 2.52 bits per heavy atom. The van der Waals surface area contributed by atoms with E-state index < -0.39 is 10.0 Å². The van der Waals surface area contributed by atoms with Gasteiger partial charge in [0.05, 0.1) is 5.75 Å². The van der Waals surface area contributed by atoms with Gasteiger partial charge in [0, 0.05) is 24.7 Å². The molecule has 0 saturated carbocycles. The van der Waals surface area contributed by atoms with Crippen LogP contribution in [-0.4, -0.2) is 44.1 Å². The van der Waals surface area contributed by atoms with Crippen LogP contribution < -0.4 is 4.72 Å². The molecule has 0 radical (unpaired) electrons. The Labute approximate surface area is 139 Å². The van der Waals surface area contributed by atoms with Crippen LogP contribution >= 0.6 is 0 Å². The smallest absolute Gasteiger partial charge is 0.254 e. The SMILES string of the molecule is CCCCS(=O)(=O)NC1CCN(C(=O)c2ccccc2C)CC1. The predicted molar refractivity (Wildman–Crippen MR) is 91.9 cm³/mol. The molecule has 0 aromatic heterocycles. The average Bonchev–Trinajstić information content (AvgIpc) is 2.53. The molecule has 0 unspecified atom stereocenters. The minimum absolute atomic E-state index is 0.0374. The Morgan fingerprint density at radius 1 is 1.26 bits per heavy atom. The van der Waals surface area contributed by atoms with Crippen LogP contribution in [-0.2, 0) is 10.0 Å². The summed E-state index contributed by atoms with van der Waals surface area (Å²) in [5.41, 5.74) is 1.70. The molecule has 1 aromatic rings. The fourth-order valence-corrected chi connectivity index (χ4v) is 4.36. The molecule has 1 saturated heterocycles. The van der Waals surface area contributed by atoms with Gasteiger partial charge in [-0.05, 0) is 37.8 Å². The summed E-state index contributed by atoms with van der Waals surface area (Å²) in [4.78, 5) is 14.4. The number of amides is 1. The van der Waals surface area contributed by atoms with Crippen molar-refractivity contribution in [1.29, 1.82) is 0 Å². The first-order valence-corrected chi connectivity index (χ1v) is 9.93. The monoisotopic (exact) mass is 338 g/mol. The Morgan fingerprint density at radius 2 is 1.91 bits per heavy atom. The summed E-state index contributed by atoms with van der Waals surface area (Å²) in [6.45, 7) is 5.09. The maximum absolute atomic E-state index is 12.5. The van der Waals surface area contributed by atoms with E-state index >= 15 is 0 Å². The molecule has 0 bridgehead atoms. The van der Waals surface area contributed by atoms with Gasteiger partial charge in [0.2, 0.25) is 10.0 Å². The van der Waals surface area contributed by atoms with Crippen LogP contribution in [0.4, 0.5) is 0 Å². The number of sulfonamides is 1. The van der Waals surface area contributed by atoms with E-state index in [2.05, 4.69) is 4.72 Å². The van der Waals surface area contributed by atoms with Crippen molar-refractivity contribution < 1.29 is 13.2 Å². The molecule has 128 valence electrons. The number of aryl methyl sites for hydroxylation is 1. The number of carbonyl (C=O) groups excluding carboxylic acids is 1. The van der Waals surface area contributed by atoms with Crippen molar-refractivity contribution in [2.24, 2.45) is 0 Å². The van der Waals surface area contributed by atoms with E-state index in [-0.39, 0.29) is 17.7 Å². The molecular formula is C17H26N2O3S. The van der Waals surface area contributed by atoms with E-state index in [4.69, 9.17) is 0 Å². The fraction of sp³-hybridized carbons (Fsp3) is 0.588. The van der Waals surface area contributed by atoms with Crippen molar-refractivity contribution in [3.8, 4) is 0 Å². The number of hydrogen-bond donors (Lipinski definition) is 1. The van der Waals surface area contributed by atoms with Crippen LogP contribution in [0.5, 0.6) is 0 Å². The maximum Gasteiger partial charge on any atom is 0.254 e.